The maximum atomic E-state index is 11.8. The zero-order valence-corrected chi connectivity index (χ0v) is 10.6. The molecule has 1 aliphatic rings. The van der Waals surface area contributed by atoms with Crippen molar-refractivity contribution in [2.45, 2.75) is 19.4 Å². The van der Waals surface area contributed by atoms with E-state index in [0.717, 1.165) is 0 Å². The maximum absolute atomic E-state index is 11.8. The topological polar surface area (TPSA) is 64.1 Å². The molecule has 0 bridgehead atoms. The molecule has 2 heterocycles. The van der Waals surface area contributed by atoms with Crippen molar-refractivity contribution in [2.75, 3.05) is 11.9 Å². The van der Waals surface area contributed by atoms with Gasteiger partial charge in [0.1, 0.15) is 11.0 Å². The van der Waals surface area contributed by atoms with Crippen LogP contribution < -0.4 is 5.32 Å². The summed E-state index contributed by atoms with van der Waals surface area (Å²) in [5.41, 5.74) is 0. The smallest absolute Gasteiger partial charge is 0.231 e. The third-order valence-electron chi connectivity index (χ3n) is 2.49. The van der Waals surface area contributed by atoms with Gasteiger partial charge >= 0.3 is 0 Å². The molecule has 2 atom stereocenters. The van der Waals surface area contributed by atoms with E-state index < -0.39 is 0 Å². The van der Waals surface area contributed by atoms with Gasteiger partial charge in [-0.05, 0) is 24.9 Å². The molecule has 0 aromatic carbocycles. The Morgan fingerprint density at radius 2 is 2.29 bits per heavy atom. The third-order valence-corrected chi connectivity index (χ3v) is 2.85. The number of nitrogens with one attached hydrogen (secondary N) is 1. The van der Waals surface area contributed by atoms with Crippen molar-refractivity contribution < 1.29 is 9.53 Å². The van der Waals surface area contributed by atoms with Crippen LogP contribution in [0.25, 0.3) is 0 Å². The largest absolute Gasteiger partial charge is 0.378 e. The Bertz CT molecular complexity index is 421. The first-order valence-electron chi connectivity index (χ1n) is 5.17. The van der Waals surface area contributed by atoms with Crippen molar-refractivity contribution >= 4 is 34.9 Å². The molecule has 5 nitrogen and oxygen atoms in total. The SMILES string of the molecule is CC1CC(C(=O)Nc2cc(Cl)nc(Cl)n2)CO1. The third kappa shape index (κ3) is 3.28. The minimum Gasteiger partial charge on any atom is -0.378 e. The van der Waals surface area contributed by atoms with E-state index in [1.807, 2.05) is 6.92 Å². The van der Waals surface area contributed by atoms with Gasteiger partial charge < -0.3 is 10.1 Å². The lowest BCUT2D eigenvalue weighted by Crippen LogP contribution is -2.23. The lowest BCUT2D eigenvalue weighted by atomic mass is 10.1. The first kappa shape index (κ1) is 12.5. The Hall–Kier alpha value is -0.910. The molecule has 17 heavy (non-hydrogen) atoms. The Morgan fingerprint density at radius 3 is 2.88 bits per heavy atom. The molecular formula is C10H11Cl2N3O2. The summed E-state index contributed by atoms with van der Waals surface area (Å²) in [6.07, 6.45) is 0.821. The molecule has 7 heteroatoms. The fourth-order valence-corrected chi connectivity index (χ4v) is 2.09. The summed E-state index contributed by atoms with van der Waals surface area (Å²) in [5, 5.41) is 2.84. The second-order valence-electron chi connectivity index (χ2n) is 3.91. The summed E-state index contributed by atoms with van der Waals surface area (Å²) in [6, 6.07) is 1.45. The number of rotatable bonds is 2. The highest BCUT2D eigenvalue weighted by Gasteiger charge is 2.28. The normalized spacial score (nSPS) is 23.7. The molecule has 0 spiro atoms. The average molecular weight is 276 g/mol. The molecule has 2 rings (SSSR count). The van der Waals surface area contributed by atoms with Gasteiger partial charge in [0.2, 0.25) is 11.2 Å². The van der Waals surface area contributed by atoms with Crippen LogP contribution in [-0.2, 0) is 9.53 Å². The Kier molecular flexibility index (Phi) is 3.81. The number of halogens is 2. The monoisotopic (exact) mass is 275 g/mol. The molecule has 1 aliphatic heterocycles. The van der Waals surface area contributed by atoms with E-state index in [1.54, 1.807) is 0 Å². The van der Waals surface area contributed by atoms with Crippen LogP contribution >= 0.6 is 23.2 Å². The second kappa shape index (κ2) is 5.16. The van der Waals surface area contributed by atoms with Crippen LogP contribution in [0, 0.1) is 5.92 Å². The van der Waals surface area contributed by atoms with Crippen molar-refractivity contribution in [1.82, 2.24) is 9.97 Å². The number of ether oxygens (including phenoxy) is 1. The Morgan fingerprint density at radius 1 is 1.53 bits per heavy atom. The highest BCUT2D eigenvalue weighted by Crippen LogP contribution is 2.21. The zero-order chi connectivity index (χ0) is 12.4. The van der Waals surface area contributed by atoms with Gasteiger partial charge in [-0.2, -0.15) is 0 Å². The number of anilines is 1. The summed E-state index contributed by atoms with van der Waals surface area (Å²) in [7, 11) is 0. The maximum Gasteiger partial charge on any atom is 0.231 e. The van der Waals surface area contributed by atoms with Crippen LogP contribution in [0.2, 0.25) is 10.4 Å². The molecule has 0 aliphatic carbocycles. The van der Waals surface area contributed by atoms with Gasteiger partial charge in [0, 0.05) is 6.07 Å². The van der Waals surface area contributed by atoms with E-state index in [0.29, 0.717) is 18.8 Å². The molecule has 0 radical (unpaired) electrons. The van der Waals surface area contributed by atoms with Crippen LogP contribution in [0.4, 0.5) is 5.82 Å². The number of hydrogen-bond donors (Lipinski definition) is 1. The first-order valence-corrected chi connectivity index (χ1v) is 5.92. The molecule has 2 unspecified atom stereocenters. The van der Waals surface area contributed by atoms with Crippen LogP contribution in [0.15, 0.2) is 6.07 Å². The molecule has 92 valence electrons. The Balaban J connectivity index is 2.03. The quantitative estimate of drug-likeness (QED) is 0.664. The van der Waals surface area contributed by atoms with Crippen LogP contribution in [0.3, 0.4) is 0 Å². The summed E-state index contributed by atoms with van der Waals surface area (Å²) in [6.45, 7) is 2.37. The highest BCUT2D eigenvalue weighted by atomic mass is 35.5. The average Bonchev–Trinajstić information content (AvgIpc) is 2.63. The first-order chi connectivity index (χ1) is 8.04. The van der Waals surface area contributed by atoms with Gasteiger partial charge in [0.05, 0.1) is 18.6 Å². The molecular weight excluding hydrogens is 265 g/mol. The number of amides is 1. The predicted molar refractivity (Wildman–Crippen MR) is 64.2 cm³/mol. The number of carbonyl (C=O) groups excluding carboxylic acids is 1. The number of hydrogen-bond acceptors (Lipinski definition) is 4. The minimum atomic E-state index is -0.155. The molecule has 1 aromatic rings. The molecule has 1 amide bonds. The van der Waals surface area contributed by atoms with Gasteiger partial charge in [0.15, 0.2) is 0 Å². The van der Waals surface area contributed by atoms with Crippen LogP contribution in [0.5, 0.6) is 0 Å². The molecule has 0 saturated carbocycles. The lowest BCUT2D eigenvalue weighted by Gasteiger charge is -2.08. The summed E-state index contributed by atoms with van der Waals surface area (Å²) in [4.78, 5) is 19.4. The van der Waals surface area contributed by atoms with E-state index >= 15 is 0 Å². The van der Waals surface area contributed by atoms with Crippen molar-refractivity contribution in [3.05, 3.63) is 16.5 Å². The summed E-state index contributed by atoms with van der Waals surface area (Å²) in [5.74, 6) is 0.0113. The predicted octanol–water partition coefficient (Wildman–Crippen LogP) is 2.15. The van der Waals surface area contributed by atoms with E-state index in [1.165, 1.54) is 6.07 Å². The Labute approximate surface area is 108 Å². The highest BCUT2D eigenvalue weighted by molar-refractivity contribution is 6.32. The number of nitrogens with zero attached hydrogens (tertiary/aromatic N) is 2. The number of carbonyl (C=O) groups is 1. The van der Waals surface area contributed by atoms with E-state index in [9.17, 15) is 4.79 Å². The van der Waals surface area contributed by atoms with Gasteiger partial charge in [0.25, 0.3) is 0 Å². The van der Waals surface area contributed by atoms with Gasteiger partial charge in [-0.15, -0.1) is 0 Å². The molecule has 1 aromatic heterocycles. The molecule has 1 saturated heterocycles. The number of aromatic nitrogens is 2. The van der Waals surface area contributed by atoms with E-state index in [4.69, 9.17) is 27.9 Å². The van der Waals surface area contributed by atoms with Crippen molar-refractivity contribution in [3.8, 4) is 0 Å². The van der Waals surface area contributed by atoms with Gasteiger partial charge in [-0.25, -0.2) is 9.97 Å². The summed E-state index contributed by atoms with van der Waals surface area (Å²) >= 11 is 11.3. The van der Waals surface area contributed by atoms with Gasteiger partial charge in [-0.3, -0.25) is 4.79 Å². The van der Waals surface area contributed by atoms with E-state index in [-0.39, 0.29) is 28.4 Å². The van der Waals surface area contributed by atoms with Crippen molar-refractivity contribution in [1.29, 1.82) is 0 Å². The fourth-order valence-electron chi connectivity index (χ4n) is 1.68. The second-order valence-corrected chi connectivity index (χ2v) is 4.64. The zero-order valence-electron chi connectivity index (χ0n) is 9.11. The van der Waals surface area contributed by atoms with E-state index in [2.05, 4.69) is 15.3 Å². The molecule has 1 N–H and O–H groups in total. The lowest BCUT2D eigenvalue weighted by molar-refractivity contribution is -0.119. The van der Waals surface area contributed by atoms with Crippen molar-refractivity contribution in [2.24, 2.45) is 5.92 Å². The summed E-state index contributed by atoms with van der Waals surface area (Å²) < 4.78 is 5.33. The van der Waals surface area contributed by atoms with Crippen LogP contribution in [0.1, 0.15) is 13.3 Å². The standard InChI is InChI=1S/C10H11Cl2N3O2/c1-5-2-6(4-17-5)9(16)14-8-3-7(11)13-10(12)15-8/h3,5-6H,2,4H2,1H3,(H,13,14,15,16). The molecule has 1 fully saturated rings. The van der Waals surface area contributed by atoms with Crippen LogP contribution in [-0.4, -0.2) is 28.6 Å². The van der Waals surface area contributed by atoms with Crippen molar-refractivity contribution in [3.63, 3.8) is 0 Å². The minimum absolute atomic E-state index is 0.00356. The van der Waals surface area contributed by atoms with Gasteiger partial charge in [-0.1, -0.05) is 11.6 Å². The fraction of sp³-hybridized carbons (Fsp3) is 0.500.